The molecule has 0 aromatic carbocycles. The molecule has 0 rings (SSSR count). The zero-order chi connectivity index (χ0) is 5.91. The molecule has 0 aliphatic heterocycles. The van der Waals surface area contributed by atoms with Crippen LogP contribution in [0.3, 0.4) is 0 Å². The third-order valence-corrected chi connectivity index (χ3v) is 2.96. The maximum Gasteiger partial charge on any atom is 0.200 e. The number of hydrogen-bond donors (Lipinski definition) is 1. The van der Waals surface area contributed by atoms with Crippen LogP contribution in [0.15, 0.2) is 0 Å². The van der Waals surface area contributed by atoms with E-state index in [0.717, 1.165) is 0 Å². The Bertz CT molecular complexity index is 86.0. The first-order valence-electron chi connectivity index (χ1n) is 2.43. The van der Waals surface area contributed by atoms with Crippen LogP contribution in [0.4, 0.5) is 0 Å². The van der Waals surface area contributed by atoms with Gasteiger partial charge in [-0.3, -0.25) is 4.57 Å². The van der Waals surface area contributed by atoms with E-state index in [9.17, 15) is 4.57 Å². The molecule has 0 aliphatic carbocycles. The van der Waals surface area contributed by atoms with Crippen LogP contribution in [-0.2, 0) is 21.6 Å². The molecule has 0 aromatic heterocycles. The summed E-state index contributed by atoms with van der Waals surface area (Å²) in [6.45, 7) is 3.45. The monoisotopic (exact) mass is 178 g/mol. The van der Waals surface area contributed by atoms with E-state index in [1.165, 1.54) is 0 Å². The first kappa shape index (κ1) is 11.5. The maximum atomic E-state index is 10.5. The minimum atomic E-state index is -2.65. The molecule has 0 atom stereocenters. The molecule has 0 fully saturated rings. The van der Waals surface area contributed by atoms with Crippen LogP contribution >= 0.6 is 7.37 Å². The normalized spacial score (nSPS) is 10.4. The van der Waals surface area contributed by atoms with E-state index in [1.807, 2.05) is 0 Å². The average Bonchev–Trinajstić information content (AvgIpc) is 1.68. The summed E-state index contributed by atoms with van der Waals surface area (Å²) >= 11 is 0. The van der Waals surface area contributed by atoms with Crippen molar-refractivity contribution in [1.29, 1.82) is 0 Å². The van der Waals surface area contributed by atoms with Gasteiger partial charge in [-0.05, 0) is 0 Å². The van der Waals surface area contributed by atoms with Gasteiger partial charge < -0.3 is 4.89 Å². The molecule has 0 aliphatic rings. The van der Waals surface area contributed by atoms with Crippen LogP contribution in [0.2, 0.25) is 0 Å². The van der Waals surface area contributed by atoms with E-state index >= 15 is 0 Å². The van der Waals surface area contributed by atoms with Gasteiger partial charge in [-0.25, -0.2) is 0 Å². The fourth-order valence-corrected chi connectivity index (χ4v) is 0.671. The number of hydrogen-bond acceptors (Lipinski definition) is 1. The molecule has 0 heterocycles. The van der Waals surface area contributed by atoms with Crippen LogP contribution in [-0.4, -0.2) is 17.2 Å². The van der Waals surface area contributed by atoms with Gasteiger partial charge in [-0.1, -0.05) is 13.8 Å². The average molecular weight is 178 g/mol. The number of rotatable bonds is 2. The van der Waals surface area contributed by atoms with Gasteiger partial charge in [0.2, 0.25) is 0 Å². The van der Waals surface area contributed by atoms with Crippen molar-refractivity contribution in [3.8, 4) is 0 Å². The van der Waals surface area contributed by atoms with Crippen molar-refractivity contribution in [3.63, 3.8) is 0 Å². The second-order valence-corrected chi connectivity index (χ2v) is 4.44. The van der Waals surface area contributed by atoms with Gasteiger partial charge >= 0.3 is 0 Å². The first-order valence-corrected chi connectivity index (χ1v) is 4.46. The summed E-state index contributed by atoms with van der Waals surface area (Å²) in [5.74, 6) is 0. The van der Waals surface area contributed by atoms with Crippen molar-refractivity contribution in [1.82, 2.24) is 0 Å². The molecule has 52 valence electrons. The summed E-state index contributed by atoms with van der Waals surface area (Å²) < 4.78 is 10.5. The van der Waals surface area contributed by atoms with Crippen LogP contribution in [0, 0.1) is 0 Å². The summed E-state index contributed by atoms with van der Waals surface area (Å²) in [4.78, 5) is 8.69. The van der Waals surface area contributed by atoms with E-state index in [1.54, 1.807) is 13.8 Å². The quantitative estimate of drug-likeness (QED) is 0.510. The Balaban J connectivity index is 0. The van der Waals surface area contributed by atoms with E-state index in [-0.39, 0.29) is 17.1 Å². The Kier molecular flexibility index (Phi) is 6.58. The minimum Gasteiger partial charge on any atom is -0.344 e. The molecule has 2 nitrogen and oxygen atoms in total. The molecule has 0 amide bonds. The Hall–Kier alpha value is 0.709. The smallest absolute Gasteiger partial charge is 0.200 e. The molecule has 0 aromatic rings. The molecular weight excluding hydrogens is 167 g/mol. The zero-order valence-electron chi connectivity index (χ0n) is 5.07. The molecule has 0 saturated heterocycles. The fraction of sp³-hybridized carbons (Fsp3) is 1.00. The van der Waals surface area contributed by atoms with Crippen molar-refractivity contribution in [2.24, 2.45) is 0 Å². The molecule has 0 saturated carbocycles. The summed E-state index contributed by atoms with van der Waals surface area (Å²) in [6, 6.07) is 0. The van der Waals surface area contributed by atoms with Crippen LogP contribution in [0.5, 0.6) is 0 Å². The Morgan fingerprint density at radius 2 is 1.62 bits per heavy atom. The van der Waals surface area contributed by atoms with Crippen molar-refractivity contribution in [3.05, 3.63) is 0 Å². The van der Waals surface area contributed by atoms with Crippen molar-refractivity contribution in [2.45, 2.75) is 13.8 Å². The standard InChI is InChI=1S/C4H11O2P.Fe/c1-3-7(5,6)4-2;/h3-4H2,1-2H3,(H,5,6);. The topological polar surface area (TPSA) is 37.3 Å². The predicted molar refractivity (Wildman–Crippen MR) is 30.9 cm³/mol. The third-order valence-electron chi connectivity index (χ3n) is 0.988. The predicted octanol–water partition coefficient (Wildman–Crippen LogP) is 1.29. The molecule has 0 spiro atoms. The minimum absolute atomic E-state index is 0. The van der Waals surface area contributed by atoms with E-state index < -0.39 is 7.37 Å². The first-order chi connectivity index (χ1) is 3.12. The van der Waals surface area contributed by atoms with Crippen LogP contribution in [0.25, 0.3) is 0 Å². The SMILES string of the molecule is CCP(=O)(O)CC.[Fe]. The molecule has 0 radical (unpaired) electrons. The van der Waals surface area contributed by atoms with E-state index in [4.69, 9.17) is 4.89 Å². The summed E-state index contributed by atoms with van der Waals surface area (Å²) in [5, 5.41) is 0. The van der Waals surface area contributed by atoms with E-state index in [0.29, 0.717) is 12.3 Å². The fourth-order valence-electron chi connectivity index (χ4n) is 0.224. The van der Waals surface area contributed by atoms with Crippen molar-refractivity contribution in [2.75, 3.05) is 12.3 Å². The van der Waals surface area contributed by atoms with E-state index in [2.05, 4.69) is 0 Å². The summed E-state index contributed by atoms with van der Waals surface area (Å²) in [5.41, 5.74) is 0. The van der Waals surface area contributed by atoms with Gasteiger partial charge in [-0.2, -0.15) is 0 Å². The van der Waals surface area contributed by atoms with Gasteiger partial charge in [0.1, 0.15) is 0 Å². The Morgan fingerprint density at radius 3 is 1.62 bits per heavy atom. The van der Waals surface area contributed by atoms with Gasteiger partial charge in [0, 0.05) is 29.4 Å². The van der Waals surface area contributed by atoms with Gasteiger partial charge in [0.15, 0.2) is 7.37 Å². The second-order valence-electron chi connectivity index (χ2n) is 1.48. The largest absolute Gasteiger partial charge is 0.344 e. The molecule has 0 unspecified atom stereocenters. The van der Waals surface area contributed by atoms with Crippen LogP contribution in [0.1, 0.15) is 13.8 Å². The molecule has 4 heteroatoms. The molecule has 0 bridgehead atoms. The summed E-state index contributed by atoms with van der Waals surface area (Å²) in [6.07, 6.45) is 0.812. The zero-order valence-corrected chi connectivity index (χ0v) is 7.07. The summed E-state index contributed by atoms with van der Waals surface area (Å²) in [7, 11) is -2.65. The Labute approximate surface area is 60.6 Å². The molecule has 1 N–H and O–H groups in total. The molecule has 8 heavy (non-hydrogen) atoms. The maximum absolute atomic E-state index is 10.5. The second kappa shape index (κ2) is 4.58. The van der Waals surface area contributed by atoms with Gasteiger partial charge in [-0.15, -0.1) is 0 Å². The van der Waals surface area contributed by atoms with Gasteiger partial charge in [0.25, 0.3) is 0 Å². The molecular formula is C4H11FeO2P. The Morgan fingerprint density at radius 1 is 1.38 bits per heavy atom. The van der Waals surface area contributed by atoms with Crippen molar-refractivity contribution >= 4 is 7.37 Å². The van der Waals surface area contributed by atoms with Gasteiger partial charge in [0.05, 0.1) is 0 Å². The van der Waals surface area contributed by atoms with Crippen molar-refractivity contribution < 1.29 is 26.5 Å². The third kappa shape index (κ3) is 4.86. The van der Waals surface area contributed by atoms with Crippen LogP contribution < -0.4 is 0 Å².